The Bertz CT molecular complexity index is 863. The van der Waals surface area contributed by atoms with Crippen LogP contribution in [0.3, 0.4) is 0 Å². The number of anilines is 3. The largest absolute Gasteiger partial charge is 0.379 e. The van der Waals surface area contributed by atoms with Gasteiger partial charge in [-0.1, -0.05) is 12.8 Å². The lowest BCUT2D eigenvalue weighted by Crippen LogP contribution is -2.42. The van der Waals surface area contributed by atoms with E-state index < -0.39 is 5.91 Å². The maximum atomic E-state index is 11.7. The molecule has 26 heavy (non-hydrogen) atoms. The van der Waals surface area contributed by atoms with Gasteiger partial charge in [-0.2, -0.15) is 0 Å². The van der Waals surface area contributed by atoms with Gasteiger partial charge in [0.25, 0.3) is 5.91 Å². The van der Waals surface area contributed by atoms with Crippen molar-refractivity contribution in [2.75, 3.05) is 10.6 Å². The Labute approximate surface area is 151 Å². The monoisotopic (exact) mass is 356 g/mol. The van der Waals surface area contributed by atoms with Gasteiger partial charge in [0.1, 0.15) is 5.82 Å². The predicted molar refractivity (Wildman–Crippen MR) is 102 cm³/mol. The zero-order valence-electron chi connectivity index (χ0n) is 14.7. The highest BCUT2D eigenvalue weighted by molar-refractivity contribution is 5.97. The Morgan fingerprint density at radius 2 is 2.04 bits per heavy atom. The fourth-order valence-electron chi connectivity index (χ4n) is 3.28. The molecule has 2 heterocycles. The summed E-state index contributed by atoms with van der Waals surface area (Å²) in [5.74, 6) is -0.186. The quantitative estimate of drug-likeness (QED) is 0.551. The fraction of sp³-hybridized carbons (Fsp3) is 0.389. The van der Waals surface area contributed by atoms with Crippen LogP contribution in [0.4, 0.5) is 17.2 Å². The van der Waals surface area contributed by atoms with Crippen LogP contribution in [0, 0.1) is 6.92 Å². The molecular formula is C18H24N6O2. The number of hydrogen-bond donors (Lipinski definition) is 5. The number of aryl methyl sites for hydroxylation is 1. The highest BCUT2D eigenvalue weighted by Gasteiger charge is 2.22. The molecule has 2 aromatic rings. The number of rotatable bonds is 5. The Morgan fingerprint density at radius 1 is 1.27 bits per heavy atom. The lowest BCUT2D eigenvalue weighted by Gasteiger charge is -2.30. The number of H-pyrrole nitrogens is 1. The van der Waals surface area contributed by atoms with Gasteiger partial charge in [0.15, 0.2) is 11.1 Å². The Kier molecular flexibility index (Phi) is 5.22. The Hall–Kier alpha value is -2.87. The maximum Gasteiger partial charge on any atom is 0.269 e. The minimum absolute atomic E-state index is 0.0871. The molecule has 8 heteroatoms. The number of primary amides is 1. The molecule has 0 saturated heterocycles. The topological polar surface area (TPSA) is 139 Å². The molecular weight excluding hydrogens is 332 g/mol. The number of nitrogens with zero attached hydrogens (tertiary/aromatic N) is 1. The third-order valence-electron chi connectivity index (χ3n) is 4.54. The van der Waals surface area contributed by atoms with E-state index in [1.165, 1.54) is 12.1 Å². The molecule has 0 radical (unpaired) electrons. The predicted octanol–water partition coefficient (Wildman–Crippen LogP) is 1.60. The van der Waals surface area contributed by atoms with E-state index in [2.05, 4.69) is 20.6 Å². The van der Waals surface area contributed by atoms with Gasteiger partial charge < -0.3 is 27.1 Å². The summed E-state index contributed by atoms with van der Waals surface area (Å²) in [6.45, 7) is 1.78. The van der Waals surface area contributed by atoms with Gasteiger partial charge in [0.05, 0.1) is 17.6 Å². The first-order valence-electron chi connectivity index (χ1n) is 8.72. The summed E-state index contributed by atoms with van der Waals surface area (Å²) in [5, 5.41) is 6.43. The van der Waals surface area contributed by atoms with Gasteiger partial charge in [-0.05, 0) is 25.8 Å². The third-order valence-corrected chi connectivity index (χ3v) is 4.54. The van der Waals surface area contributed by atoms with Crippen molar-refractivity contribution in [2.45, 2.75) is 44.7 Å². The molecule has 138 valence electrons. The number of carbonyl (C=O) groups is 1. The summed E-state index contributed by atoms with van der Waals surface area (Å²) >= 11 is 0. The van der Waals surface area contributed by atoms with Crippen molar-refractivity contribution < 1.29 is 4.79 Å². The van der Waals surface area contributed by atoms with Gasteiger partial charge >= 0.3 is 0 Å². The summed E-state index contributed by atoms with van der Waals surface area (Å²) in [7, 11) is 0. The minimum Gasteiger partial charge on any atom is -0.379 e. The SMILES string of the molecule is Cc1cc(=O)cc(Nc2cc(NC3CCCCC3N)cnc2C(N)=O)[nH]1. The molecule has 7 N–H and O–H groups in total. The van der Waals surface area contributed by atoms with E-state index in [4.69, 9.17) is 11.5 Å². The van der Waals surface area contributed by atoms with E-state index in [-0.39, 0.29) is 23.2 Å². The molecule has 1 amide bonds. The highest BCUT2D eigenvalue weighted by Crippen LogP contribution is 2.25. The van der Waals surface area contributed by atoms with Crippen molar-refractivity contribution in [3.05, 3.63) is 46.0 Å². The molecule has 8 nitrogen and oxygen atoms in total. The van der Waals surface area contributed by atoms with Gasteiger partial charge in [-0.25, -0.2) is 4.98 Å². The number of amides is 1. The van der Waals surface area contributed by atoms with Gasteiger partial charge in [0.2, 0.25) is 0 Å². The highest BCUT2D eigenvalue weighted by atomic mass is 16.1. The standard InChI is InChI=1S/C18H24N6O2/c1-10-6-12(25)8-16(22-10)24-15-7-11(9-21-17(15)18(20)26)23-14-5-3-2-4-13(14)19/h6-9,13-14,23H,2-5,19H2,1H3,(H2,20,26)(H2,22,24,25). The van der Waals surface area contributed by atoms with Crippen LogP contribution in [0.25, 0.3) is 0 Å². The van der Waals surface area contributed by atoms with E-state index in [0.29, 0.717) is 17.2 Å². The molecule has 1 fully saturated rings. The average Bonchev–Trinajstić information content (AvgIpc) is 2.56. The van der Waals surface area contributed by atoms with Crippen LogP contribution in [-0.2, 0) is 0 Å². The number of pyridine rings is 2. The first kappa shape index (κ1) is 17.9. The van der Waals surface area contributed by atoms with Crippen molar-refractivity contribution in [1.29, 1.82) is 0 Å². The van der Waals surface area contributed by atoms with Crippen LogP contribution in [0.15, 0.2) is 29.2 Å². The number of nitrogens with two attached hydrogens (primary N) is 2. The van der Waals surface area contributed by atoms with Crippen LogP contribution < -0.4 is 27.5 Å². The molecule has 0 bridgehead atoms. The number of aromatic amines is 1. The minimum atomic E-state index is -0.650. The van der Waals surface area contributed by atoms with E-state index in [1.54, 1.807) is 19.2 Å². The van der Waals surface area contributed by atoms with Crippen LogP contribution >= 0.6 is 0 Å². The van der Waals surface area contributed by atoms with Gasteiger partial charge in [-0.15, -0.1) is 0 Å². The molecule has 1 aliphatic carbocycles. The van der Waals surface area contributed by atoms with Crippen molar-refractivity contribution in [3.8, 4) is 0 Å². The normalized spacial score (nSPS) is 19.8. The molecule has 1 saturated carbocycles. The summed E-state index contributed by atoms with van der Waals surface area (Å²) in [4.78, 5) is 30.6. The molecule has 2 atom stereocenters. The average molecular weight is 356 g/mol. The van der Waals surface area contributed by atoms with Crippen LogP contribution in [-0.4, -0.2) is 28.0 Å². The first-order valence-corrected chi connectivity index (χ1v) is 8.72. The Balaban J connectivity index is 1.88. The summed E-state index contributed by atoms with van der Waals surface area (Å²) in [6, 6.07) is 4.91. The van der Waals surface area contributed by atoms with Gasteiger partial charge in [0, 0.05) is 29.9 Å². The second kappa shape index (κ2) is 7.57. The summed E-state index contributed by atoms with van der Waals surface area (Å²) in [5.41, 5.74) is 13.5. The van der Waals surface area contributed by atoms with Crippen LogP contribution in [0.5, 0.6) is 0 Å². The van der Waals surface area contributed by atoms with Gasteiger partial charge in [-0.3, -0.25) is 9.59 Å². The number of aromatic nitrogens is 2. The lowest BCUT2D eigenvalue weighted by atomic mass is 9.91. The van der Waals surface area contributed by atoms with Crippen molar-refractivity contribution >= 4 is 23.1 Å². The van der Waals surface area contributed by atoms with Crippen molar-refractivity contribution in [3.63, 3.8) is 0 Å². The van der Waals surface area contributed by atoms with Crippen LogP contribution in [0.1, 0.15) is 41.9 Å². The molecule has 2 aromatic heterocycles. The summed E-state index contributed by atoms with van der Waals surface area (Å²) < 4.78 is 0. The molecule has 0 spiro atoms. The fourth-order valence-corrected chi connectivity index (χ4v) is 3.28. The molecule has 3 rings (SSSR count). The Morgan fingerprint density at radius 3 is 2.73 bits per heavy atom. The zero-order chi connectivity index (χ0) is 18.7. The van der Waals surface area contributed by atoms with Crippen molar-refractivity contribution in [2.24, 2.45) is 11.5 Å². The molecule has 0 aliphatic heterocycles. The van der Waals surface area contributed by atoms with Crippen molar-refractivity contribution in [1.82, 2.24) is 9.97 Å². The number of carbonyl (C=O) groups excluding carboxylic acids is 1. The maximum absolute atomic E-state index is 11.7. The zero-order valence-corrected chi connectivity index (χ0v) is 14.7. The van der Waals surface area contributed by atoms with E-state index in [1.807, 2.05) is 0 Å². The number of hydrogen-bond acceptors (Lipinski definition) is 6. The summed E-state index contributed by atoms with van der Waals surface area (Å²) in [6.07, 6.45) is 5.83. The third kappa shape index (κ3) is 4.20. The van der Waals surface area contributed by atoms with E-state index in [9.17, 15) is 9.59 Å². The smallest absolute Gasteiger partial charge is 0.269 e. The lowest BCUT2D eigenvalue weighted by molar-refractivity contribution is 0.0996. The first-order chi connectivity index (χ1) is 12.4. The van der Waals surface area contributed by atoms with E-state index in [0.717, 1.165) is 31.4 Å². The molecule has 2 unspecified atom stereocenters. The van der Waals surface area contributed by atoms with E-state index >= 15 is 0 Å². The molecule has 0 aromatic carbocycles. The molecule has 1 aliphatic rings. The second-order valence-corrected chi connectivity index (χ2v) is 6.72. The van der Waals surface area contributed by atoms with Crippen LogP contribution in [0.2, 0.25) is 0 Å². The number of nitrogens with one attached hydrogen (secondary N) is 3. The second-order valence-electron chi connectivity index (χ2n) is 6.72.